The fourth-order valence-corrected chi connectivity index (χ4v) is 13.7. The fraction of sp³-hybridized carbons (Fsp3) is 0.901. The molecule has 0 aromatic carbocycles. The van der Waals surface area contributed by atoms with Crippen LogP contribution in [-0.2, 0) is 65.4 Å². The lowest BCUT2D eigenvalue weighted by molar-refractivity contribution is -0.161. The summed E-state index contributed by atoms with van der Waals surface area (Å²) in [7, 11) is -9.93. The first-order valence-corrected chi connectivity index (χ1v) is 44.6. The molecule has 3 N–H and O–H groups in total. The normalized spacial score (nSPS) is 13.9. The van der Waals surface area contributed by atoms with E-state index in [9.17, 15) is 43.2 Å². The van der Waals surface area contributed by atoms with E-state index >= 15 is 0 Å². The third-order valence-corrected chi connectivity index (χ3v) is 20.4. The molecule has 0 aliphatic heterocycles. The third-order valence-electron chi connectivity index (χ3n) is 18.4. The van der Waals surface area contributed by atoms with Gasteiger partial charge in [-0.1, -0.05) is 354 Å². The highest BCUT2D eigenvalue weighted by Crippen LogP contribution is 2.45. The van der Waals surface area contributed by atoms with Crippen LogP contribution in [0.1, 0.15) is 413 Å². The minimum Gasteiger partial charge on any atom is -0.462 e. The van der Waals surface area contributed by atoms with Gasteiger partial charge in [-0.25, -0.2) is 9.13 Å². The second-order valence-corrected chi connectivity index (χ2v) is 31.4. The second kappa shape index (κ2) is 74.8. The topological polar surface area (TPSA) is 237 Å². The highest BCUT2D eigenvalue weighted by atomic mass is 31.2. The number of phosphoric acid groups is 2. The Morgan fingerprint density at radius 2 is 0.490 bits per heavy atom. The monoisotopic (exact) mass is 1460 g/mol. The highest BCUT2D eigenvalue weighted by Gasteiger charge is 2.30. The maximum Gasteiger partial charge on any atom is 0.472 e. The maximum atomic E-state index is 13.1. The van der Waals surface area contributed by atoms with E-state index in [1.54, 1.807) is 0 Å². The first kappa shape index (κ1) is 97.5. The zero-order chi connectivity index (χ0) is 73.2. The van der Waals surface area contributed by atoms with Crippen LogP contribution in [0.5, 0.6) is 0 Å². The zero-order valence-electron chi connectivity index (χ0n) is 64.7. The van der Waals surface area contributed by atoms with Gasteiger partial charge in [0.05, 0.1) is 26.4 Å². The lowest BCUT2D eigenvalue weighted by Gasteiger charge is -2.21. The molecule has 590 valence electrons. The summed E-state index contributed by atoms with van der Waals surface area (Å²) < 4.78 is 68.7. The van der Waals surface area contributed by atoms with Gasteiger partial charge in [-0.05, 0) is 57.8 Å². The van der Waals surface area contributed by atoms with Crippen molar-refractivity contribution in [3.8, 4) is 0 Å². The first-order valence-electron chi connectivity index (χ1n) is 41.6. The lowest BCUT2D eigenvalue weighted by Crippen LogP contribution is -2.30. The molecule has 0 fully saturated rings. The van der Waals surface area contributed by atoms with Gasteiger partial charge in [0.25, 0.3) is 0 Å². The number of ether oxygens (including phenoxy) is 4. The van der Waals surface area contributed by atoms with Crippen molar-refractivity contribution < 1.29 is 80.2 Å². The predicted molar refractivity (Wildman–Crippen MR) is 409 cm³/mol. The van der Waals surface area contributed by atoms with E-state index in [2.05, 4.69) is 52.0 Å². The Balaban J connectivity index is 5.28. The number of hydrogen-bond donors (Lipinski definition) is 3. The minimum atomic E-state index is -4.97. The molecule has 0 rings (SSSR count). The van der Waals surface area contributed by atoms with Crippen LogP contribution >= 0.6 is 15.6 Å². The van der Waals surface area contributed by atoms with Gasteiger partial charge in [0, 0.05) is 25.7 Å². The fourth-order valence-electron chi connectivity index (χ4n) is 12.1. The van der Waals surface area contributed by atoms with Crippen LogP contribution in [0.15, 0.2) is 24.3 Å². The van der Waals surface area contributed by atoms with Crippen LogP contribution in [0.2, 0.25) is 0 Å². The van der Waals surface area contributed by atoms with Crippen molar-refractivity contribution >= 4 is 39.5 Å². The van der Waals surface area contributed by atoms with E-state index in [0.29, 0.717) is 25.7 Å². The molecule has 17 nitrogen and oxygen atoms in total. The Morgan fingerprint density at radius 1 is 0.280 bits per heavy atom. The van der Waals surface area contributed by atoms with Crippen molar-refractivity contribution in [1.29, 1.82) is 0 Å². The number of carbonyl (C=O) groups is 4. The Labute approximate surface area is 612 Å². The number of phosphoric ester groups is 2. The summed E-state index contributed by atoms with van der Waals surface area (Å²) in [5, 5.41) is 10.6. The first-order chi connectivity index (χ1) is 48.7. The number of esters is 4. The number of aliphatic hydroxyl groups excluding tert-OH is 1. The molecule has 0 heterocycles. The average Bonchev–Trinajstić information content (AvgIpc) is 0.988. The molecule has 0 aliphatic rings. The molecule has 0 amide bonds. The molecule has 100 heavy (non-hydrogen) atoms. The Bertz CT molecular complexity index is 1990. The summed E-state index contributed by atoms with van der Waals surface area (Å²) >= 11 is 0. The predicted octanol–water partition coefficient (Wildman–Crippen LogP) is 24.1. The van der Waals surface area contributed by atoms with Crippen molar-refractivity contribution in [1.82, 2.24) is 0 Å². The molecule has 0 bridgehead atoms. The van der Waals surface area contributed by atoms with Crippen LogP contribution in [0.3, 0.4) is 0 Å². The van der Waals surface area contributed by atoms with Gasteiger partial charge in [-0.2, -0.15) is 0 Å². The summed E-state index contributed by atoms with van der Waals surface area (Å²) in [4.78, 5) is 73.0. The van der Waals surface area contributed by atoms with Crippen molar-refractivity contribution in [2.24, 2.45) is 0 Å². The molecule has 0 aliphatic carbocycles. The van der Waals surface area contributed by atoms with Crippen LogP contribution in [0, 0.1) is 0 Å². The van der Waals surface area contributed by atoms with Crippen LogP contribution in [0.25, 0.3) is 0 Å². The van der Waals surface area contributed by atoms with Gasteiger partial charge in [0.2, 0.25) is 0 Å². The van der Waals surface area contributed by atoms with Gasteiger partial charge in [-0.3, -0.25) is 37.3 Å². The van der Waals surface area contributed by atoms with Crippen molar-refractivity contribution in [3.63, 3.8) is 0 Å². The number of aliphatic hydroxyl groups is 1. The quantitative estimate of drug-likeness (QED) is 0.0169. The molecular weight excluding hydrogens is 1310 g/mol. The van der Waals surface area contributed by atoms with Gasteiger partial charge in [0.1, 0.15) is 19.3 Å². The van der Waals surface area contributed by atoms with Crippen LogP contribution in [0.4, 0.5) is 0 Å². The Morgan fingerprint density at radius 3 is 0.760 bits per heavy atom. The van der Waals surface area contributed by atoms with E-state index in [4.69, 9.17) is 37.0 Å². The smallest absolute Gasteiger partial charge is 0.462 e. The van der Waals surface area contributed by atoms with Crippen molar-refractivity contribution in [2.75, 3.05) is 39.6 Å². The van der Waals surface area contributed by atoms with Crippen molar-refractivity contribution in [3.05, 3.63) is 24.3 Å². The molecule has 0 radical (unpaired) electrons. The average molecular weight is 1460 g/mol. The maximum absolute atomic E-state index is 13.1. The van der Waals surface area contributed by atoms with Gasteiger partial charge < -0.3 is 33.8 Å². The molecule has 0 spiro atoms. The van der Waals surface area contributed by atoms with Gasteiger partial charge >= 0.3 is 39.5 Å². The standard InChI is InChI=1S/C81H154O17P2/c1-5-9-13-17-21-25-29-33-36-37-40-43-46-50-54-58-62-66-79(84)92-71-76(97-80(85)67-63-59-55-51-47-41-32-28-24-20-16-12-8-4)73-95-99(87,88)93-69-75(82)70-94-100(89,90)96-74-77(98-81(86)68-64-60-56-52-48-44-39-35-31-27-23-19-15-11-7-3)72-91-78(83)65-61-57-53-49-45-42-38-34-30-26-22-18-14-10-6-2/h22,26,34,38,75-77,82H,5-21,23-25,27-33,35-37,39-74H2,1-4H3,(H,87,88)(H,89,90)/b26-22-,38-34-/t75-,76-,77-/m1/s1. The number of unbranched alkanes of at least 4 members (excludes halogenated alkanes) is 50. The summed E-state index contributed by atoms with van der Waals surface area (Å²) in [6, 6.07) is 0. The second-order valence-electron chi connectivity index (χ2n) is 28.4. The largest absolute Gasteiger partial charge is 0.472 e. The van der Waals surface area contributed by atoms with Gasteiger partial charge in [-0.15, -0.1) is 0 Å². The van der Waals surface area contributed by atoms with E-state index in [1.165, 1.54) is 218 Å². The number of carbonyl (C=O) groups excluding carboxylic acids is 4. The zero-order valence-corrected chi connectivity index (χ0v) is 66.5. The molecule has 0 saturated carbocycles. The molecule has 0 aromatic rings. The SMILES string of the molecule is CCCCC/C=C\C/C=C\CCCCCCCC(=O)OC[C@H](COP(=O)(O)OC[C@H](O)COP(=O)(O)OC[C@@H](COC(=O)CCCCCCCCCCCCCCCCCCC)OC(=O)CCCCCCCCCCCCCCC)OC(=O)CCCCCCCCCCCCCCCCC. The van der Waals surface area contributed by atoms with E-state index in [0.717, 1.165) is 116 Å². The number of allylic oxidation sites excluding steroid dienone is 4. The lowest BCUT2D eigenvalue weighted by atomic mass is 10.0. The molecule has 0 aromatic heterocycles. The molecule has 2 unspecified atom stereocenters. The van der Waals surface area contributed by atoms with Gasteiger partial charge in [0.15, 0.2) is 12.2 Å². The molecular formula is C81H154O17P2. The van der Waals surface area contributed by atoms with E-state index < -0.39 is 97.5 Å². The minimum absolute atomic E-state index is 0.102. The third kappa shape index (κ3) is 73.8. The molecule has 5 atom stereocenters. The Kier molecular flexibility index (Phi) is 73.0. The highest BCUT2D eigenvalue weighted by molar-refractivity contribution is 7.47. The van der Waals surface area contributed by atoms with Crippen LogP contribution < -0.4 is 0 Å². The Hall–Kier alpha value is -2.46. The number of hydrogen-bond acceptors (Lipinski definition) is 15. The summed E-state index contributed by atoms with van der Waals surface area (Å²) in [6.45, 7) is 4.96. The molecule has 0 saturated heterocycles. The summed E-state index contributed by atoms with van der Waals surface area (Å²) in [5.74, 6) is -2.13. The molecule has 19 heteroatoms. The number of rotatable bonds is 80. The van der Waals surface area contributed by atoms with E-state index in [-0.39, 0.29) is 25.7 Å². The van der Waals surface area contributed by atoms with Crippen molar-refractivity contribution in [2.45, 2.75) is 431 Å². The summed E-state index contributed by atoms with van der Waals surface area (Å²) in [6.07, 6.45) is 70.0. The van der Waals surface area contributed by atoms with Crippen LogP contribution in [-0.4, -0.2) is 96.7 Å². The summed E-state index contributed by atoms with van der Waals surface area (Å²) in [5.41, 5.74) is 0. The van der Waals surface area contributed by atoms with E-state index in [1.807, 2.05) is 0 Å².